The molecular weight excluding hydrogens is 266 g/mol. The lowest BCUT2D eigenvalue weighted by atomic mass is 10.0. The van der Waals surface area contributed by atoms with Crippen LogP contribution in [0.4, 0.5) is 5.82 Å². The molecular formula is C16H15N3O2. The van der Waals surface area contributed by atoms with Crippen LogP contribution in [-0.4, -0.2) is 24.4 Å². The molecule has 1 heterocycles. The summed E-state index contributed by atoms with van der Waals surface area (Å²) in [7, 11) is 3.25. The SMILES string of the molecule is COc1ccc(OC)c(-c2nnc(N)c3ccccc23)c1. The van der Waals surface area contributed by atoms with Crippen LogP contribution >= 0.6 is 0 Å². The van der Waals surface area contributed by atoms with Gasteiger partial charge in [0, 0.05) is 16.3 Å². The lowest BCUT2D eigenvalue weighted by molar-refractivity contribution is 0.404. The van der Waals surface area contributed by atoms with E-state index in [1.165, 1.54) is 0 Å². The predicted molar refractivity (Wildman–Crippen MR) is 82.5 cm³/mol. The lowest BCUT2D eigenvalue weighted by Gasteiger charge is -2.12. The minimum atomic E-state index is 0.413. The van der Waals surface area contributed by atoms with E-state index in [0.717, 1.165) is 27.8 Å². The minimum absolute atomic E-state index is 0.413. The van der Waals surface area contributed by atoms with Gasteiger partial charge in [-0.15, -0.1) is 10.2 Å². The van der Waals surface area contributed by atoms with Gasteiger partial charge in [-0.3, -0.25) is 0 Å². The number of nitrogens with zero attached hydrogens (tertiary/aromatic N) is 2. The Kier molecular flexibility index (Phi) is 3.31. The van der Waals surface area contributed by atoms with Crippen LogP contribution in [0.5, 0.6) is 11.5 Å². The number of benzene rings is 2. The summed E-state index contributed by atoms with van der Waals surface area (Å²) in [4.78, 5) is 0. The average molecular weight is 281 g/mol. The van der Waals surface area contributed by atoms with Gasteiger partial charge in [0.1, 0.15) is 17.2 Å². The van der Waals surface area contributed by atoms with Gasteiger partial charge in [0.25, 0.3) is 0 Å². The summed E-state index contributed by atoms with van der Waals surface area (Å²) >= 11 is 0. The van der Waals surface area contributed by atoms with Crippen molar-refractivity contribution in [1.82, 2.24) is 10.2 Å². The Balaban J connectivity index is 2.32. The fourth-order valence-electron chi connectivity index (χ4n) is 2.32. The Labute approximate surface area is 122 Å². The summed E-state index contributed by atoms with van der Waals surface area (Å²) in [6, 6.07) is 13.3. The highest BCUT2D eigenvalue weighted by atomic mass is 16.5. The number of nitrogens with two attached hydrogens (primary N) is 1. The first-order valence-electron chi connectivity index (χ1n) is 6.48. The molecule has 3 aromatic rings. The number of nitrogen functional groups attached to an aromatic ring is 1. The molecule has 0 unspecified atom stereocenters. The van der Waals surface area contributed by atoms with E-state index in [4.69, 9.17) is 15.2 Å². The molecule has 106 valence electrons. The second kappa shape index (κ2) is 5.28. The third-order valence-electron chi connectivity index (χ3n) is 3.38. The highest BCUT2D eigenvalue weighted by Crippen LogP contribution is 2.36. The molecule has 5 nitrogen and oxygen atoms in total. The number of aromatic nitrogens is 2. The molecule has 0 fully saturated rings. The Morgan fingerprint density at radius 3 is 2.38 bits per heavy atom. The maximum absolute atomic E-state index is 5.90. The molecule has 2 N–H and O–H groups in total. The van der Waals surface area contributed by atoms with Crippen molar-refractivity contribution in [2.24, 2.45) is 0 Å². The second-order valence-corrected chi connectivity index (χ2v) is 4.55. The molecule has 3 rings (SSSR count). The smallest absolute Gasteiger partial charge is 0.154 e. The largest absolute Gasteiger partial charge is 0.497 e. The van der Waals surface area contributed by atoms with E-state index in [1.54, 1.807) is 14.2 Å². The van der Waals surface area contributed by atoms with Crippen molar-refractivity contribution >= 4 is 16.6 Å². The van der Waals surface area contributed by atoms with E-state index in [0.29, 0.717) is 11.6 Å². The standard InChI is InChI=1S/C16H15N3O2/c1-20-10-7-8-14(21-2)13(9-10)15-11-5-3-4-6-12(11)16(17)19-18-15/h3-9H,1-2H3,(H2,17,19). The summed E-state index contributed by atoms with van der Waals surface area (Å²) in [5, 5.41) is 10.1. The first kappa shape index (κ1) is 13.2. The van der Waals surface area contributed by atoms with Crippen molar-refractivity contribution < 1.29 is 9.47 Å². The first-order chi connectivity index (χ1) is 10.2. The Morgan fingerprint density at radius 2 is 1.67 bits per heavy atom. The van der Waals surface area contributed by atoms with Crippen LogP contribution in [0.3, 0.4) is 0 Å². The van der Waals surface area contributed by atoms with Gasteiger partial charge in [-0.1, -0.05) is 24.3 Å². The fourth-order valence-corrected chi connectivity index (χ4v) is 2.32. The van der Waals surface area contributed by atoms with E-state index in [2.05, 4.69) is 10.2 Å². The number of fused-ring (bicyclic) bond motifs is 1. The first-order valence-corrected chi connectivity index (χ1v) is 6.48. The van der Waals surface area contributed by atoms with Gasteiger partial charge >= 0.3 is 0 Å². The summed E-state index contributed by atoms with van der Waals surface area (Å²) in [5.74, 6) is 1.85. The van der Waals surface area contributed by atoms with Gasteiger partial charge in [0.05, 0.1) is 14.2 Å². The van der Waals surface area contributed by atoms with Crippen LogP contribution in [0.25, 0.3) is 22.0 Å². The Morgan fingerprint density at radius 1 is 0.905 bits per heavy atom. The molecule has 2 aromatic carbocycles. The van der Waals surface area contributed by atoms with E-state index >= 15 is 0 Å². The maximum atomic E-state index is 5.90. The maximum Gasteiger partial charge on any atom is 0.154 e. The molecule has 0 saturated heterocycles. The van der Waals surface area contributed by atoms with Crippen molar-refractivity contribution in [3.63, 3.8) is 0 Å². The van der Waals surface area contributed by atoms with Crippen molar-refractivity contribution in [3.05, 3.63) is 42.5 Å². The van der Waals surface area contributed by atoms with Crippen molar-refractivity contribution in [3.8, 4) is 22.8 Å². The normalized spacial score (nSPS) is 10.6. The highest BCUT2D eigenvalue weighted by Gasteiger charge is 2.14. The van der Waals surface area contributed by atoms with Crippen molar-refractivity contribution in [2.45, 2.75) is 0 Å². The van der Waals surface area contributed by atoms with E-state index in [9.17, 15) is 0 Å². The van der Waals surface area contributed by atoms with E-state index in [-0.39, 0.29) is 0 Å². The molecule has 5 heteroatoms. The zero-order valence-corrected chi connectivity index (χ0v) is 11.8. The molecule has 0 spiro atoms. The second-order valence-electron chi connectivity index (χ2n) is 4.55. The molecule has 0 radical (unpaired) electrons. The molecule has 0 amide bonds. The summed E-state index contributed by atoms with van der Waals surface area (Å²) in [6.07, 6.45) is 0. The molecule has 1 aromatic heterocycles. The average Bonchev–Trinajstić information content (AvgIpc) is 2.55. The molecule has 21 heavy (non-hydrogen) atoms. The zero-order chi connectivity index (χ0) is 14.8. The number of hydrogen-bond acceptors (Lipinski definition) is 5. The van der Waals surface area contributed by atoms with Crippen LogP contribution in [0.1, 0.15) is 0 Å². The van der Waals surface area contributed by atoms with Crippen LogP contribution in [0, 0.1) is 0 Å². The third-order valence-corrected chi connectivity index (χ3v) is 3.38. The van der Waals surface area contributed by atoms with E-state index < -0.39 is 0 Å². The number of anilines is 1. The molecule has 0 atom stereocenters. The predicted octanol–water partition coefficient (Wildman–Crippen LogP) is 2.90. The number of methoxy groups -OCH3 is 2. The van der Waals surface area contributed by atoms with Crippen LogP contribution in [0.2, 0.25) is 0 Å². The summed E-state index contributed by atoms with van der Waals surface area (Å²) in [5.41, 5.74) is 7.44. The molecule has 0 saturated carbocycles. The van der Waals surface area contributed by atoms with Crippen molar-refractivity contribution in [1.29, 1.82) is 0 Å². The van der Waals surface area contributed by atoms with Gasteiger partial charge in [0.2, 0.25) is 0 Å². The van der Waals surface area contributed by atoms with Gasteiger partial charge in [-0.2, -0.15) is 0 Å². The quantitative estimate of drug-likeness (QED) is 0.799. The van der Waals surface area contributed by atoms with Gasteiger partial charge < -0.3 is 15.2 Å². The number of rotatable bonds is 3. The van der Waals surface area contributed by atoms with Crippen molar-refractivity contribution in [2.75, 3.05) is 20.0 Å². The summed E-state index contributed by atoms with van der Waals surface area (Å²) in [6.45, 7) is 0. The van der Waals surface area contributed by atoms with Gasteiger partial charge in [-0.25, -0.2) is 0 Å². The molecule has 0 bridgehead atoms. The van der Waals surface area contributed by atoms with Crippen LogP contribution in [0.15, 0.2) is 42.5 Å². The van der Waals surface area contributed by atoms with Crippen LogP contribution in [-0.2, 0) is 0 Å². The Bertz CT molecular complexity index is 803. The van der Waals surface area contributed by atoms with Gasteiger partial charge in [-0.05, 0) is 18.2 Å². The molecule has 0 aliphatic heterocycles. The summed E-state index contributed by atoms with van der Waals surface area (Å²) < 4.78 is 10.7. The zero-order valence-electron chi connectivity index (χ0n) is 11.8. The highest BCUT2D eigenvalue weighted by molar-refractivity contribution is 6.00. The van der Waals surface area contributed by atoms with Crippen LogP contribution < -0.4 is 15.2 Å². The monoisotopic (exact) mass is 281 g/mol. The number of ether oxygens (including phenoxy) is 2. The minimum Gasteiger partial charge on any atom is -0.497 e. The molecule has 0 aliphatic rings. The topological polar surface area (TPSA) is 70.3 Å². The third kappa shape index (κ3) is 2.23. The van der Waals surface area contributed by atoms with Gasteiger partial charge in [0.15, 0.2) is 5.82 Å². The Hall–Kier alpha value is -2.82. The van der Waals surface area contributed by atoms with E-state index in [1.807, 2.05) is 42.5 Å². The molecule has 0 aliphatic carbocycles. The lowest BCUT2D eigenvalue weighted by Crippen LogP contribution is -1.99. The fraction of sp³-hybridized carbons (Fsp3) is 0.125. The number of hydrogen-bond donors (Lipinski definition) is 1.